The van der Waals surface area contributed by atoms with Crippen LogP contribution in [0.15, 0.2) is 36.4 Å². The van der Waals surface area contributed by atoms with Crippen LogP contribution in [0.2, 0.25) is 0 Å². The molecule has 0 N–H and O–H groups in total. The van der Waals surface area contributed by atoms with Crippen LogP contribution in [-0.2, 0) is 24.1 Å². The van der Waals surface area contributed by atoms with E-state index in [1.165, 1.54) is 0 Å². The van der Waals surface area contributed by atoms with Crippen molar-refractivity contribution in [3.8, 4) is 11.5 Å². The third-order valence-electron chi connectivity index (χ3n) is 1.99. The Morgan fingerprint density at radius 2 is 0.857 bits per heavy atom. The molecule has 0 radical (unpaired) electrons. The zero-order chi connectivity index (χ0) is 13.8. The van der Waals surface area contributed by atoms with Gasteiger partial charge in [0.15, 0.2) is 0 Å². The summed E-state index contributed by atoms with van der Waals surface area (Å²) in [7, 11) is 0. The van der Waals surface area contributed by atoms with Crippen LogP contribution in [0, 0.1) is 23.3 Å². The molecule has 2 rings (SSSR count). The van der Waals surface area contributed by atoms with Crippen molar-refractivity contribution in [2.24, 2.45) is 0 Å². The normalized spacial score (nSPS) is 8.95. The summed E-state index contributed by atoms with van der Waals surface area (Å²) in [6.07, 6.45) is 0. The molecule has 0 aromatic heterocycles. The minimum absolute atomic E-state index is 0. The predicted octanol–water partition coefficient (Wildman–Crippen LogP) is -2.38. The number of hydrogen-bond donors (Lipinski definition) is 0. The fourth-order valence-electron chi connectivity index (χ4n) is 1.29. The maximum atomic E-state index is 12.8. The fraction of sp³-hybridized carbons (Fsp3) is 0. The summed E-state index contributed by atoms with van der Waals surface area (Å²) in [5.41, 5.74) is 0. The predicted molar refractivity (Wildman–Crippen MR) is 54.0 cm³/mol. The molecule has 21 heavy (non-hydrogen) atoms. The van der Waals surface area contributed by atoms with E-state index in [1.54, 1.807) is 0 Å². The number of benzene rings is 2. The largest absolute Gasteiger partial charge is 1.00 e. The van der Waals surface area contributed by atoms with E-state index in [0.717, 1.165) is 24.3 Å². The molecule has 0 saturated carbocycles. The second-order valence-corrected chi connectivity index (χ2v) is 4.91. The topological polar surface area (TPSA) is 18.5 Å². The van der Waals surface area contributed by atoms with Gasteiger partial charge in [-0.1, -0.05) is 0 Å². The van der Waals surface area contributed by atoms with E-state index in [1.807, 2.05) is 0 Å². The zero-order valence-corrected chi connectivity index (χ0v) is 14.0. The SMILES string of the molecule is Fc1cc(F)cc([O][Zr+2][O]c2cc(F)cc(F)c2)c1.[Cl-].[Cl-]. The first-order valence-electron chi connectivity index (χ1n) is 5.04. The van der Waals surface area contributed by atoms with Crippen molar-refractivity contribution >= 4 is 0 Å². The van der Waals surface area contributed by atoms with Gasteiger partial charge in [-0.15, -0.1) is 0 Å². The molecular formula is C12H6Cl2F4O2Zr. The van der Waals surface area contributed by atoms with E-state index in [-0.39, 0.29) is 36.3 Å². The van der Waals surface area contributed by atoms with Crippen LogP contribution in [-0.4, -0.2) is 0 Å². The molecule has 0 saturated heterocycles. The maximum absolute atomic E-state index is 12.8. The van der Waals surface area contributed by atoms with Crippen LogP contribution in [0.1, 0.15) is 0 Å². The van der Waals surface area contributed by atoms with Gasteiger partial charge in [0.25, 0.3) is 0 Å². The van der Waals surface area contributed by atoms with Crippen molar-refractivity contribution in [1.29, 1.82) is 0 Å². The van der Waals surface area contributed by atoms with Gasteiger partial charge in [-0.05, 0) is 0 Å². The molecule has 0 heterocycles. The molecule has 0 fully saturated rings. The van der Waals surface area contributed by atoms with E-state index in [4.69, 9.17) is 5.63 Å². The molecule has 2 aromatic carbocycles. The molecule has 0 aliphatic heterocycles. The van der Waals surface area contributed by atoms with Gasteiger partial charge in [-0.25, -0.2) is 0 Å². The van der Waals surface area contributed by atoms with Crippen LogP contribution in [0.3, 0.4) is 0 Å². The van der Waals surface area contributed by atoms with Crippen LogP contribution < -0.4 is 30.4 Å². The molecule has 0 unspecified atom stereocenters. The Morgan fingerprint density at radius 3 is 1.14 bits per heavy atom. The third-order valence-corrected chi connectivity index (χ3v) is 3.56. The van der Waals surface area contributed by atoms with Crippen LogP contribution in [0.5, 0.6) is 11.5 Å². The molecule has 0 spiro atoms. The average Bonchev–Trinajstić information content (AvgIpc) is 2.26. The molecule has 0 aliphatic carbocycles. The second kappa shape index (κ2) is 9.28. The fourth-order valence-corrected chi connectivity index (χ4v) is 2.45. The Hall–Kier alpha value is -0.777. The smallest absolute Gasteiger partial charge is 1.00 e. The van der Waals surface area contributed by atoms with Crippen molar-refractivity contribution in [3.05, 3.63) is 59.7 Å². The summed E-state index contributed by atoms with van der Waals surface area (Å²) >= 11 is -2.00. The van der Waals surface area contributed by atoms with Crippen molar-refractivity contribution in [2.45, 2.75) is 0 Å². The number of halogens is 6. The molecule has 112 valence electrons. The zero-order valence-electron chi connectivity index (χ0n) is 10.0. The summed E-state index contributed by atoms with van der Waals surface area (Å²) in [5, 5.41) is 0. The summed E-state index contributed by atoms with van der Waals surface area (Å²) in [5.74, 6) is -3.11. The van der Waals surface area contributed by atoms with Gasteiger partial charge in [-0.2, -0.15) is 0 Å². The molecule has 0 atom stereocenters. The molecule has 9 heteroatoms. The third kappa shape index (κ3) is 6.68. The Labute approximate surface area is 143 Å². The molecule has 2 aromatic rings. The van der Waals surface area contributed by atoms with E-state index >= 15 is 0 Å². The van der Waals surface area contributed by atoms with Gasteiger partial charge >= 0.3 is 118 Å². The Morgan fingerprint density at radius 1 is 0.571 bits per heavy atom. The van der Waals surface area contributed by atoms with Gasteiger partial charge in [0.1, 0.15) is 0 Å². The van der Waals surface area contributed by atoms with Crippen LogP contribution in [0.4, 0.5) is 17.6 Å². The van der Waals surface area contributed by atoms with Gasteiger partial charge in [0.2, 0.25) is 0 Å². The number of hydrogen-bond acceptors (Lipinski definition) is 2. The summed E-state index contributed by atoms with van der Waals surface area (Å²) in [4.78, 5) is 0. The van der Waals surface area contributed by atoms with Gasteiger partial charge < -0.3 is 24.8 Å². The molecule has 0 amide bonds. The van der Waals surface area contributed by atoms with E-state index in [0.29, 0.717) is 12.1 Å². The van der Waals surface area contributed by atoms with E-state index < -0.39 is 47.4 Å². The van der Waals surface area contributed by atoms with Crippen LogP contribution in [0.25, 0.3) is 0 Å². The van der Waals surface area contributed by atoms with Gasteiger partial charge in [0, 0.05) is 0 Å². The summed E-state index contributed by atoms with van der Waals surface area (Å²) in [6.45, 7) is 0. The molecular weight excluding hydrogens is 414 g/mol. The first-order chi connectivity index (χ1) is 9.02. The monoisotopic (exact) mass is 418 g/mol. The van der Waals surface area contributed by atoms with Crippen molar-refractivity contribution in [3.63, 3.8) is 0 Å². The quantitative estimate of drug-likeness (QED) is 0.515. The van der Waals surface area contributed by atoms with Crippen molar-refractivity contribution in [1.82, 2.24) is 0 Å². The molecule has 2 nitrogen and oxygen atoms in total. The van der Waals surface area contributed by atoms with E-state index in [9.17, 15) is 17.6 Å². The first kappa shape index (κ1) is 20.2. The number of rotatable bonds is 4. The minimum atomic E-state index is -2.00. The molecule has 0 aliphatic rings. The van der Waals surface area contributed by atoms with E-state index in [2.05, 4.69) is 0 Å². The molecule has 0 bridgehead atoms. The minimum Gasteiger partial charge on any atom is -1.00 e. The average molecular weight is 420 g/mol. The maximum Gasteiger partial charge on any atom is -1.00 e. The Balaban J connectivity index is 0.00000200. The standard InChI is InChI=1S/2C6H4F2O.2ClH.Zr/c2*7-4-1-5(8)3-6(9)2-4;;;/h2*1-3,9H;2*1H;/q;;;;+4/p-4. The summed E-state index contributed by atoms with van der Waals surface area (Å²) < 4.78 is 61.5. The Bertz CT molecular complexity index is 509. The van der Waals surface area contributed by atoms with Crippen LogP contribution >= 0.6 is 0 Å². The van der Waals surface area contributed by atoms with Gasteiger partial charge in [0.05, 0.1) is 0 Å². The Kier molecular flexibility index (Phi) is 8.94. The van der Waals surface area contributed by atoms with Crippen molar-refractivity contribution in [2.75, 3.05) is 0 Å². The van der Waals surface area contributed by atoms with Gasteiger partial charge in [-0.3, -0.25) is 0 Å². The first-order valence-corrected chi connectivity index (χ1v) is 7.04. The van der Waals surface area contributed by atoms with Crippen molar-refractivity contribution < 1.29 is 72.1 Å². The summed E-state index contributed by atoms with van der Waals surface area (Å²) in [6, 6.07) is 5.42. The second-order valence-electron chi connectivity index (χ2n) is 3.50.